The molecule has 0 N–H and O–H groups in total. The molecular formula is C15H30N2O3S. The van der Waals surface area contributed by atoms with Gasteiger partial charge in [0, 0.05) is 24.4 Å². The van der Waals surface area contributed by atoms with Gasteiger partial charge in [-0.1, -0.05) is 0 Å². The zero-order valence-corrected chi connectivity index (χ0v) is 15.0. The molecule has 1 aliphatic rings. The smallest absolute Gasteiger partial charge is 0.237 e. The summed E-state index contributed by atoms with van der Waals surface area (Å²) in [7, 11) is -1.27. The van der Waals surface area contributed by atoms with E-state index in [0.29, 0.717) is 0 Å². The summed E-state index contributed by atoms with van der Waals surface area (Å²) in [4.78, 5) is 16.4. The SMILES string of the molecule is C[C@@H]1CCC[C@H](C)N1C(=O)CN(C)[C@@H](C)[C@@H](C)S(C)(=O)=O. The van der Waals surface area contributed by atoms with Crippen molar-refractivity contribution in [3.63, 3.8) is 0 Å². The Hall–Kier alpha value is -0.620. The fourth-order valence-electron chi connectivity index (χ4n) is 3.07. The highest BCUT2D eigenvalue weighted by Gasteiger charge is 2.31. The number of carbonyl (C=O) groups excluding carboxylic acids is 1. The maximum Gasteiger partial charge on any atom is 0.237 e. The van der Waals surface area contributed by atoms with Gasteiger partial charge < -0.3 is 4.90 Å². The maximum atomic E-state index is 12.5. The summed E-state index contributed by atoms with van der Waals surface area (Å²) in [5.41, 5.74) is 0. The first-order valence-corrected chi connectivity index (χ1v) is 9.71. The fraction of sp³-hybridized carbons (Fsp3) is 0.933. The molecule has 0 aromatic heterocycles. The number of sulfone groups is 1. The second-order valence-electron chi connectivity index (χ2n) is 6.62. The van der Waals surface area contributed by atoms with Crippen LogP contribution in [-0.4, -0.2) is 67.3 Å². The van der Waals surface area contributed by atoms with Gasteiger partial charge in [0.05, 0.1) is 11.8 Å². The van der Waals surface area contributed by atoms with E-state index in [1.807, 2.05) is 23.8 Å². The molecular weight excluding hydrogens is 288 g/mol. The highest BCUT2D eigenvalue weighted by molar-refractivity contribution is 7.91. The summed E-state index contributed by atoms with van der Waals surface area (Å²) in [6, 6.07) is 0.369. The van der Waals surface area contributed by atoms with Crippen molar-refractivity contribution >= 4 is 15.7 Å². The standard InChI is InChI=1S/C15H30N2O3S/c1-11-8-7-9-12(2)17(11)15(18)10-16(5)13(3)14(4)21(6,19)20/h11-14H,7-10H2,1-6H3/t11-,12+,13-,14+/m0/s1. The van der Waals surface area contributed by atoms with Crippen molar-refractivity contribution < 1.29 is 13.2 Å². The van der Waals surface area contributed by atoms with Crippen LogP contribution >= 0.6 is 0 Å². The fourth-order valence-corrected chi connectivity index (χ4v) is 3.99. The van der Waals surface area contributed by atoms with Crippen molar-refractivity contribution in [3.8, 4) is 0 Å². The van der Waals surface area contributed by atoms with Crippen molar-refractivity contribution in [2.24, 2.45) is 0 Å². The third kappa shape index (κ3) is 4.68. The molecule has 0 aliphatic carbocycles. The molecule has 124 valence electrons. The van der Waals surface area contributed by atoms with Crippen LogP contribution in [0.3, 0.4) is 0 Å². The summed E-state index contributed by atoms with van der Waals surface area (Å²) < 4.78 is 23.3. The maximum absolute atomic E-state index is 12.5. The van der Waals surface area contributed by atoms with Crippen LogP contribution in [0.1, 0.15) is 47.0 Å². The van der Waals surface area contributed by atoms with Gasteiger partial charge in [-0.25, -0.2) is 8.42 Å². The molecule has 1 amide bonds. The molecule has 0 aromatic rings. The zero-order valence-electron chi connectivity index (χ0n) is 14.2. The van der Waals surface area contributed by atoms with Gasteiger partial charge in [-0.3, -0.25) is 9.69 Å². The Bertz CT molecular complexity index is 454. The van der Waals surface area contributed by atoms with E-state index in [1.54, 1.807) is 6.92 Å². The molecule has 1 fully saturated rings. The van der Waals surface area contributed by atoms with Gasteiger partial charge in [0.15, 0.2) is 9.84 Å². The lowest BCUT2D eigenvalue weighted by molar-refractivity contribution is -0.138. The van der Waals surface area contributed by atoms with Crippen LogP contribution in [0.5, 0.6) is 0 Å². The lowest BCUT2D eigenvalue weighted by atomic mass is 9.97. The topological polar surface area (TPSA) is 57.7 Å². The Kier molecular flexibility index (Phi) is 6.23. The number of hydrogen-bond donors (Lipinski definition) is 0. The van der Waals surface area contributed by atoms with Gasteiger partial charge >= 0.3 is 0 Å². The van der Waals surface area contributed by atoms with E-state index >= 15 is 0 Å². The van der Waals surface area contributed by atoms with Crippen molar-refractivity contribution in [2.75, 3.05) is 19.8 Å². The van der Waals surface area contributed by atoms with E-state index in [9.17, 15) is 13.2 Å². The molecule has 4 atom stereocenters. The normalized spacial score (nSPS) is 26.7. The van der Waals surface area contributed by atoms with E-state index in [4.69, 9.17) is 0 Å². The Balaban J connectivity index is 2.69. The van der Waals surface area contributed by atoms with Gasteiger partial charge in [0.25, 0.3) is 0 Å². The molecule has 1 aliphatic heterocycles. The van der Waals surface area contributed by atoms with Gasteiger partial charge in [-0.05, 0) is 54.0 Å². The average molecular weight is 318 g/mol. The monoisotopic (exact) mass is 318 g/mol. The first kappa shape index (κ1) is 18.4. The van der Waals surface area contributed by atoms with E-state index in [-0.39, 0.29) is 30.6 Å². The first-order valence-electron chi connectivity index (χ1n) is 7.76. The molecule has 0 aromatic carbocycles. The summed E-state index contributed by atoms with van der Waals surface area (Å²) in [6.07, 6.45) is 4.52. The number of amides is 1. The molecule has 21 heavy (non-hydrogen) atoms. The van der Waals surface area contributed by atoms with Crippen molar-refractivity contribution in [2.45, 2.75) is 70.3 Å². The molecule has 5 nitrogen and oxygen atoms in total. The lowest BCUT2D eigenvalue weighted by Gasteiger charge is -2.40. The number of likely N-dealkylation sites (tertiary alicyclic amines) is 1. The zero-order chi connectivity index (χ0) is 16.4. The summed E-state index contributed by atoms with van der Waals surface area (Å²) in [5, 5.41) is -0.480. The highest BCUT2D eigenvalue weighted by Crippen LogP contribution is 2.23. The van der Waals surface area contributed by atoms with Crippen molar-refractivity contribution in [1.29, 1.82) is 0 Å². The van der Waals surface area contributed by atoms with Crippen LogP contribution in [0.15, 0.2) is 0 Å². The van der Waals surface area contributed by atoms with Gasteiger partial charge in [0.2, 0.25) is 5.91 Å². The van der Waals surface area contributed by atoms with Gasteiger partial charge in [-0.15, -0.1) is 0 Å². The number of piperidine rings is 1. The number of hydrogen-bond acceptors (Lipinski definition) is 4. The van der Waals surface area contributed by atoms with E-state index in [0.717, 1.165) is 12.8 Å². The number of carbonyl (C=O) groups is 1. The summed E-state index contributed by atoms with van der Waals surface area (Å²) in [6.45, 7) is 8.02. The summed E-state index contributed by atoms with van der Waals surface area (Å²) in [5.74, 6) is 0.102. The van der Waals surface area contributed by atoms with Crippen LogP contribution in [0.25, 0.3) is 0 Å². The number of likely N-dealkylation sites (N-methyl/N-ethyl adjacent to an activating group) is 1. The minimum Gasteiger partial charge on any atom is -0.336 e. The predicted molar refractivity (Wildman–Crippen MR) is 86.0 cm³/mol. The molecule has 0 unspecified atom stereocenters. The molecule has 1 heterocycles. The van der Waals surface area contributed by atoms with Crippen LogP contribution in [-0.2, 0) is 14.6 Å². The Morgan fingerprint density at radius 3 is 2.14 bits per heavy atom. The second-order valence-corrected chi connectivity index (χ2v) is 9.02. The van der Waals surface area contributed by atoms with Gasteiger partial charge in [0.1, 0.15) is 0 Å². The third-order valence-electron chi connectivity index (χ3n) is 4.92. The third-order valence-corrected chi connectivity index (χ3v) is 6.66. The van der Waals surface area contributed by atoms with Crippen LogP contribution in [0.2, 0.25) is 0 Å². The molecule has 1 saturated heterocycles. The second kappa shape index (κ2) is 7.09. The van der Waals surface area contributed by atoms with E-state index < -0.39 is 15.1 Å². The minimum absolute atomic E-state index is 0.102. The summed E-state index contributed by atoms with van der Waals surface area (Å²) >= 11 is 0. The van der Waals surface area contributed by atoms with E-state index in [1.165, 1.54) is 12.7 Å². The Morgan fingerprint density at radius 1 is 1.24 bits per heavy atom. The predicted octanol–water partition coefficient (Wildman–Crippen LogP) is 1.53. The highest BCUT2D eigenvalue weighted by atomic mass is 32.2. The Morgan fingerprint density at radius 2 is 1.71 bits per heavy atom. The van der Waals surface area contributed by atoms with Crippen LogP contribution < -0.4 is 0 Å². The largest absolute Gasteiger partial charge is 0.336 e. The average Bonchev–Trinajstić information content (AvgIpc) is 2.35. The number of nitrogens with zero attached hydrogens (tertiary/aromatic N) is 2. The first-order chi connectivity index (χ1) is 9.55. The number of rotatable bonds is 5. The lowest BCUT2D eigenvalue weighted by Crippen LogP contribution is -2.52. The molecule has 0 saturated carbocycles. The molecule has 0 radical (unpaired) electrons. The van der Waals surface area contributed by atoms with Crippen LogP contribution in [0.4, 0.5) is 0 Å². The van der Waals surface area contributed by atoms with Gasteiger partial charge in [-0.2, -0.15) is 0 Å². The minimum atomic E-state index is -3.10. The molecule has 0 bridgehead atoms. The van der Waals surface area contributed by atoms with E-state index in [2.05, 4.69) is 13.8 Å². The molecule has 0 spiro atoms. The molecule has 6 heteroatoms. The quantitative estimate of drug-likeness (QED) is 0.771. The molecule has 1 rings (SSSR count). The van der Waals surface area contributed by atoms with Crippen molar-refractivity contribution in [3.05, 3.63) is 0 Å². The van der Waals surface area contributed by atoms with Crippen LogP contribution in [0, 0.1) is 0 Å². The van der Waals surface area contributed by atoms with Crippen molar-refractivity contribution in [1.82, 2.24) is 9.80 Å². The Labute approximate surface area is 129 Å².